The van der Waals surface area contributed by atoms with E-state index in [-0.39, 0.29) is 30.8 Å². The van der Waals surface area contributed by atoms with Gasteiger partial charge in [0.05, 0.1) is 18.8 Å². The number of para-hydroxylation sites is 1. The smallest absolute Gasteiger partial charge is 0.319 e. The van der Waals surface area contributed by atoms with E-state index in [1.165, 1.54) is 0 Å². The second-order valence-electron chi connectivity index (χ2n) is 11.3. The normalized spacial score (nSPS) is 19.2. The maximum atomic E-state index is 12.6. The van der Waals surface area contributed by atoms with Crippen molar-refractivity contribution >= 4 is 23.5 Å². The molecular weight excluding hydrogens is 614 g/mol. The first-order chi connectivity index (χ1) is 22.9. The number of hydrogen-bond donors (Lipinski definition) is 3. The second kappa shape index (κ2) is 15.3. The van der Waals surface area contributed by atoms with E-state index in [2.05, 4.69) is 27.8 Å². The fourth-order valence-electron chi connectivity index (χ4n) is 5.25. The summed E-state index contributed by atoms with van der Waals surface area (Å²) in [6.07, 6.45) is 0.764. The molecule has 1 fully saturated rings. The van der Waals surface area contributed by atoms with Gasteiger partial charge in [0, 0.05) is 36.5 Å². The molecule has 4 aromatic carbocycles. The van der Waals surface area contributed by atoms with Crippen molar-refractivity contribution in [1.82, 2.24) is 20.1 Å². The van der Waals surface area contributed by atoms with Gasteiger partial charge in [-0.2, -0.15) is 0 Å². The second-order valence-corrected chi connectivity index (χ2v) is 12.3. The lowest BCUT2D eigenvalue weighted by Gasteiger charge is -2.41. The Morgan fingerprint density at radius 2 is 1.57 bits per heavy atom. The summed E-state index contributed by atoms with van der Waals surface area (Å²) in [5.74, 6) is 2.17. The summed E-state index contributed by atoms with van der Waals surface area (Å²) >= 11 is 1.60. The summed E-state index contributed by atoms with van der Waals surface area (Å²) in [4.78, 5) is 12.6. The van der Waals surface area contributed by atoms with Crippen molar-refractivity contribution in [3.05, 3.63) is 132 Å². The molecule has 242 valence electrons. The average molecular weight is 652 g/mol. The fraction of sp³-hybridized carbons (Fsp3) is 0.250. The molecule has 2 heterocycles. The van der Waals surface area contributed by atoms with E-state index < -0.39 is 6.29 Å². The molecule has 0 saturated carbocycles. The highest BCUT2D eigenvalue weighted by molar-refractivity contribution is 7.99. The van der Waals surface area contributed by atoms with E-state index in [9.17, 15) is 9.90 Å². The average Bonchev–Trinajstić information content (AvgIpc) is 3.52. The quantitative estimate of drug-likeness (QED) is 0.131. The minimum atomic E-state index is -0.585. The molecule has 1 saturated heterocycles. The van der Waals surface area contributed by atoms with Crippen LogP contribution in [0, 0.1) is 5.92 Å². The van der Waals surface area contributed by atoms with Crippen LogP contribution in [0.25, 0.3) is 0 Å². The number of anilines is 1. The van der Waals surface area contributed by atoms with Gasteiger partial charge in [-0.25, -0.2) is 4.79 Å². The molecule has 3 N–H and O–H groups in total. The van der Waals surface area contributed by atoms with Gasteiger partial charge in [-0.1, -0.05) is 85.4 Å². The summed E-state index contributed by atoms with van der Waals surface area (Å²) in [6.45, 7) is 2.47. The van der Waals surface area contributed by atoms with E-state index in [0.717, 1.165) is 33.2 Å². The maximum Gasteiger partial charge on any atom is 0.319 e. The third kappa shape index (κ3) is 8.38. The predicted octanol–water partition coefficient (Wildman–Crippen LogP) is 7.01. The van der Waals surface area contributed by atoms with Gasteiger partial charge in [-0.05, 0) is 53.1 Å². The Bertz CT molecular complexity index is 1730. The molecule has 47 heavy (non-hydrogen) atoms. The van der Waals surface area contributed by atoms with E-state index >= 15 is 0 Å². The number of rotatable bonds is 11. The van der Waals surface area contributed by atoms with Gasteiger partial charge in [0.25, 0.3) is 0 Å². The molecule has 2 amide bonds. The number of nitrogens with one attached hydrogen (secondary N) is 2. The van der Waals surface area contributed by atoms with E-state index in [1.807, 2.05) is 103 Å². The Labute approximate surface area is 278 Å². The van der Waals surface area contributed by atoms with Gasteiger partial charge in [0.1, 0.15) is 17.8 Å². The van der Waals surface area contributed by atoms with Crippen LogP contribution in [0.15, 0.2) is 115 Å². The van der Waals surface area contributed by atoms with Crippen LogP contribution in [0.3, 0.4) is 0 Å². The first kappa shape index (κ1) is 32.3. The molecule has 6 rings (SSSR count). The van der Waals surface area contributed by atoms with E-state index in [4.69, 9.17) is 14.2 Å². The van der Waals surface area contributed by atoms with Crippen LogP contribution in [0.5, 0.6) is 11.5 Å². The number of carbonyl (C=O) groups is 1. The lowest BCUT2D eigenvalue weighted by Crippen LogP contribution is -2.38. The lowest BCUT2D eigenvalue weighted by molar-refractivity contribution is -0.268. The SMILES string of the molecule is CC1C(CSc2nncn2C)OC(c2ccc(CNC(=O)Nc3ccc(Oc4ccccc4)cc3)cc2)OC1c1ccc(CO)cc1. The highest BCUT2D eigenvalue weighted by Gasteiger charge is 2.38. The minimum absolute atomic E-state index is 0.00929. The topological polar surface area (TPSA) is 120 Å². The third-order valence-electron chi connectivity index (χ3n) is 7.97. The van der Waals surface area contributed by atoms with Crippen molar-refractivity contribution in [2.45, 2.75) is 43.7 Å². The zero-order chi connectivity index (χ0) is 32.6. The number of urea groups is 1. The van der Waals surface area contributed by atoms with Crippen LogP contribution in [0.4, 0.5) is 10.5 Å². The van der Waals surface area contributed by atoms with Crippen LogP contribution in [-0.4, -0.2) is 37.8 Å². The summed E-state index contributed by atoms with van der Waals surface area (Å²) in [6, 6.07) is 32.2. The molecule has 0 aliphatic carbocycles. The summed E-state index contributed by atoms with van der Waals surface area (Å²) in [7, 11) is 1.92. The number of carbonyl (C=O) groups excluding carboxylic acids is 1. The molecule has 5 aromatic rings. The van der Waals surface area contributed by atoms with Gasteiger partial charge < -0.3 is 34.5 Å². The number of aryl methyl sites for hydroxylation is 1. The zero-order valence-electron chi connectivity index (χ0n) is 26.2. The number of benzene rings is 4. The van der Waals surface area contributed by atoms with E-state index in [0.29, 0.717) is 23.7 Å². The highest BCUT2D eigenvalue weighted by Crippen LogP contribution is 2.43. The molecule has 0 bridgehead atoms. The van der Waals surface area contributed by atoms with Crippen molar-refractivity contribution in [2.75, 3.05) is 11.1 Å². The molecule has 11 heteroatoms. The Morgan fingerprint density at radius 3 is 2.26 bits per heavy atom. The Kier molecular flexibility index (Phi) is 10.5. The van der Waals surface area contributed by atoms with Crippen molar-refractivity contribution in [3.63, 3.8) is 0 Å². The van der Waals surface area contributed by atoms with Crippen molar-refractivity contribution in [1.29, 1.82) is 0 Å². The molecule has 10 nitrogen and oxygen atoms in total. The van der Waals surface area contributed by atoms with Crippen LogP contribution < -0.4 is 15.4 Å². The number of aliphatic hydroxyl groups is 1. The number of thioether (sulfide) groups is 1. The summed E-state index contributed by atoms with van der Waals surface area (Å²) < 4.78 is 20.8. The van der Waals surface area contributed by atoms with E-state index in [1.54, 1.807) is 30.2 Å². The van der Waals surface area contributed by atoms with Gasteiger partial charge in [0.15, 0.2) is 11.4 Å². The number of aliphatic hydroxyl groups excluding tert-OH is 1. The molecular formula is C36H37N5O5S. The Hall–Kier alpha value is -4.68. The Balaban J connectivity index is 1.07. The number of amides is 2. The molecule has 1 aromatic heterocycles. The van der Waals surface area contributed by atoms with Crippen LogP contribution >= 0.6 is 11.8 Å². The molecule has 0 radical (unpaired) electrons. The van der Waals surface area contributed by atoms with Gasteiger partial charge in [-0.3, -0.25) is 0 Å². The van der Waals surface area contributed by atoms with Crippen molar-refractivity contribution in [2.24, 2.45) is 13.0 Å². The molecule has 0 spiro atoms. The van der Waals surface area contributed by atoms with Gasteiger partial charge >= 0.3 is 6.03 Å². The molecule has 1 aliphatic rings. The molecule has 4 unspecified atom stereocenters. The number of hydrogen-bond acceptors (Lipinski definition) is 8. The lowest BCUT2D eigenvalue weighted by atomic mass is 9.91. The Morgan fingerprint density at radius 1 is 0.894 bits per heavy atom. The first-order valence-corrected chi connectivity index (χ1v) is 16.4. The van der Waals surface area contributed by atoms with Crippen LogP contribution in [0.2, 0.25) is 0 Å². The zero-order valence-corrected chi connectivity index (χ0v) is 27.0. The van der Waals surface area contributed by atoms with Crippen LogP contribution in [-0.2, 0) is 29.7 Å². The molecule has 4 atom stereocenters. The standard InChI is InChI=1S/C36H37N5O5S/c1-24-32(22-47-36-40-38-23-41(36)2)45-34(46-33(24)27-12-10-26(21-42)11-13-27)28-14-8-25(9-15-28)20-37-35(43)39-29-16-18-31(19-17-29)44-30-6-4-3-5-7-30/h3-19,23-24,32-34,42H,20-22H2,1-2H3,(H2,37,39,43). The van der Waals surface area contributed by atoms with Crippen molar-refractivity contribution < 1.29 is 24.1 Å². The minimum Gasteiger partial charge on any atom is -0.457 e. The molecule has 1 aliphatic heterocycles. The number of aromatic nitrogens is 3. The monoisotopic (exact) mass is 651 g/mol. The third-order valence-corrected chi connectivity index (χ3v) is 9.09. The highest BCUT2D eigenvalue weighted by atomic mass is 32.2. The maximum absolute atomic E-state index is 12.6. The van der Waals surface area contributed by atoms with Gasteiger partial charge in [0.2, 0.25) is 0 Å². The first-order valence-electron chi connectivity index (χ1n) is 15.4. The summed E-state index contributed by atoms with van der Waals surface area (Å²) in [5.41, 5.74) is 4.36. The number of nitrogens with zero attached hydrogens (tertiary/aromatic N) is 3. The van der Waals surface area contributed by atoms with Gasteiger partial charge in [-0.15, -0.1) is 10.2 Å². The van der Waals surface area contributed by atoms with Crippen molar-refractivity contribution in [3.8, 4) is 11.5 Å². The summed E-state index contributed by atoms with van der Waals surface area (Å²) in [5, 5.41) is 24.3. The van der Waals surface area contributed by atoms with Crippen LogP contribution in [0.1, 0.15) is 41.6 Å². The number of ether oxygens (including phenoxy) is 3. The fourth-order valence-corrected chi connectivity index (χ4v) is 6.30. The largest absolute Gasteiger partial charge is 0.457 e. The predicted molar refractivity (Wildman–Crippen MR) is 180 cm³/mol.